The zero-order chi connectivity index (χ0) is 10.3. The number of imidazole rings is 1. The number of halogens is 1. The van der Waals surface area contributed by atoms with Crippen molar-refractivity contribution in [1.82, 2.24) is 9.97 Å². The molecule has 0 fully saturated rings. The van der Waals surface area contributed by atoms with E-state index in [0.29, 0.717) is 5.52 Å². The molecule has 0 aliphatic carbocycles. The molecule has 0 spiro atoms. The predicted octanol–water partition coefficient (Wildman–Crippen LogP) is 1.80. The van der Waals surface area contributed by atoms with Gasteiger partial charge in [-0.2, -0.15) is 0 Å². The second-order valence-electron chi connectivity index (χ2n) is 2.94. The van der Waals surface area contributed by atoms with Crippen molar-refractivity contribution >= 4 is 30.8 Å². The third-order valence-electron chi connectivity index (χ3n) is 1.85. The van der Waals surface area contributed by atoms with Crippen LogP contribution in [0.4, 0.5) is 0 Å². The molecule has 74 valence electrons. The molecular weight excluding hydrogens is 224 g/mol. The Hall–Kier alpha value is -1.07. The van der Waals surface area contributed by atoms with Gasteiger partial charge in [0, 0.05) is 10.7 Å². The smallest absolute Gasteiger partial charge is 0.261 e. The number of aryl methyl sites for hydroxylation is 1. The maximum absolute atomic E-state index is 11.0. The van der Waals surface area contributed by atoms with Crippen LogP contribution >= 0.6 is 10.7 Å². The van der Waals surface area contributed by atoms with E-state index in [1.54, 1.807) is 13.0 Å². The van der Waals surface area contributed by atoms with Gasteiger partial charge in [0.2, 0.25) is 0 Å². The minimum atomic E-state index is -3.66. The van der Waals surface area contributed by atoms with Crippen molar-refractivity contribution in [3.8, 4) is 0 Å². The Morgan fingerprint density at radius 3 is 2.79 bits per heavy atom. The summed E-state index contributed by atoms with van der Waals surface area (Å²) in [6.45, 7) is 1.80. The first-order valence-corrected chi connectivity index (χ1v) is 6.19. The molecule has 0 saturated heterocycles. The molecule has 1 N–H and O–H groups in total. The van der Waals surface area contributed by atoms with Gasteiger partial charge in [-0.1, -0.05) is 0 Å². The maximum Gasteiger partial charge on any atom is 0.261 e. The highest BCUT2D eigenvalue weighted by Crippen LogP contribution is 2.19. The van der Waals surface area contributed by atoms with Crippen LogP contribution in [0.2, 0.25) is 0 Å². The Balaban J connectivity index is 2.74. The summed E-state index contributed by atoms with van der Waals surface area (Å²) >= 11 is 0. The lowest BCUT2D eigenvalue weighted by Gasteiger charge is -1.94. The van der Waals surface area contributed by atoms with E-state index in [1.807, 2.05) is 0 Å². The van der Waals surface area contributed by atoms with Crippen molar-refractivity contribution in [2.24, 2.45) is 0 Å². The van der Waals surface area contributed by atoms with Gasteiger partial charge in [0.15, 0.2) is 0 Å². The topological polar surface area (TPSA) is 62.8 Å². The Bertz CT molecular complexity index is 588. The van der Waals surface area contributed by atoms with Crippen LogP contribution < -0.4 is 0 Å². The minimum absolute atomic E-state index is 0.0790. The summed E-state index contributed by atoms with van der Waals surface area (Å²) in [6.07, 6.45) is 0. The lowest BCUT2D eigenvalue weighted by molar-refractivity contribution is 0.609. The largest absolute Gasteiger partial charge is 0.342 e. The van der Waals surface area contributed by atoms with E-state index in [9.17, 15) is 8.42 Å². The molecule has 6 heteroatoms. The molecule has 2 rings (SSSR count). The lowest BCUT2D eigenvalue weighted by atomic mass is 10.3. The number of benzene rings is 1. The van der Waals surface area contributed by atoms with Crippen LogP contribution in [0, 0.1) is 6.92 Å². The summed E-state index contributed by atoms with van der Waals surface area (Å²) in [5, 5.41) is 0. The van der Waals surface area contributed by atoms with Gasteiger partial charge in [-0.25, -0.2) is 13.4 Å². The normalized spacial score (nSPS) is 12.1. The molecule has 0 atom stereocenters. The SMILES string of the molecule is Cc1nc2ccc(S(=O)(=O)Cl)cc2[nH]1. The highest BCUT2D eigenvalue weighted by Gasteiger charge is 2.11. The van der Waals surface area contributed by atoms with Gasteiger partial charge < -0.3 is 4.98 Å². The molecule has 1 aromatic carbocycles. The van der Waals surface area contributed by atoms with Gasteiger partial charge >= 0.3 is 0 Å². The number of nitrogens with zero attached hydrogens (tertiary/aromatic N) is 1. The maximum atomic E-state index is 11.0. The standard InChI is InChI=1S/C8H7ClN2O2S/c1-5-10-7-3-2-6(14(9,12)13)4-8(7)11-5/h2-4H,1H3,(H,10,11). The molecule has 2 aromatic rings. The fraction of sp³-hybridized carbons (Fsp3) is 0.125. The number of H-pyrrole nitrogens is 1. The van der Waals surface area contributed by atoms with Gasteiger partial charge in [-0.15, -0.1) is 0 Å². The highest BCUT2D eigenvalue weighted by atomic mass is 35.7. The van der Waals surface area contributed by atoms with E-state index in [1.165, 1.54) is 12.1 Å². The van der Waals surface area contributed by atoms with E-state index in [0.717, 1.165) is 11.3 Å². The summed E-state index contributed by atoms with van der Waals surface area (Å²) in [6, 6.07) is 4.52. The molecule has 14 heavy (non-hydrogen) atoms. The number of nitrogens with one attached hydrogen (secondary N) is 1. The Morgan fingerprint density at radius 2 is 2.14 bits per heavy atom. The first-order chi connectivity index (χ1) is 6.47. The summed E-state index contributed by atoms with van der Waals surface area (Å²) in [7, 11) is 1.54. The third kappa shape index (κ3) is 1.60. The van der Waals surface area contributed by atoms with Gasteiger partial charge in [0.1, 0.15) is 5.82 Å². The molecule has 0 aliphatic rings. The van der Waals surface area contributed by atoms with E-state index >= 15 is 0 Å². The molecular formula is C8H7ClN2O2S. The second kappa shape index (κ2) is 2.96. The Morgan fingerprint density at radius 1 is 1.43 bits per heavy atom. The first kappa shape index (κ1) is 9.48. The van der Waals surface area contributed by atoms with Crippen LogP contribution in [-0.4, -0.2) is 18.4 Å². The predicted molar refractivity (Wildman–Crippen MR) is 53.9 cm³/mol. The number of hydrogen-bond donors (Lipinski definition) is 1. The Kier molecular flexibility index (Phi) is 2.01. The molecule has 4 nitrogen and oxygen atoms in total. The third-order valence-corrected chi connectivity index (χ3v) is 3.20. The average molecular weight is 231 g/mol. The van der Waals surface area contributed by atoms with Crippen LogP contribution in [0.1, 0.15) is 5.82 Å². The van der Waals surface area contributed by atoms with Gasteiger partial charge in [-0.05, 0) is 25.1 Å². The first-order valence-electron chi connectivity index (χ1n) is 3.88. The molecule has 0 bridgehead atoms. The van der Waals surface area contributed by atoms with Crippen molar-refractivity contribution in [3.63, 3.8) is 0 Å². The van der Waals surface area contributed by atoms with Gasteiger partial charge in [-0.3, -0.25) is 0 Å². The van der Waals surface area contributed by atoms with E-state index in [-0.39, 0.29) is 4.90 Å². The number of hydrogen-bond acceptors (Lipinski definition) is 3. The second-order valence-corrected chi connectivity index (χ2v) is 5.50. The van der Waals surface area contributed by atoms with Crippen LogP contribution in [-0.2, 0) is 9.05 Å². The van der Waals surface area contributed by atoms with Gasteiger partial charge in [0.25, 0.3) is 9.05 Å². The fourth-order valence-electron chi connectivity index (χ4n) is 1.27. The molecule has 1 aromatic heterocycles. The van der Waals surface area contributed by atoms with E-state index < -0.39 is 9.05 Å². The molecule has 0 saturated carbocycles. The van der Waals surface area contributed by atoms with E-state index in [4.69, 9.17) is 10.7 Å². The van der Waals surface area contributed by atoms with Crippen LogP contribution in [0.15, 0.2) is 23.1 Å². The van der Waals surface area contributed by atoms with Crippen LogP contribution in [0.5, 0.6) is 0 Å². The number of fused-ring (bicyclic) bond motifs is 1. The minimum Gasteiger partial charge on any atom is -0.342 e. The quantitative estimate of drug-likeness (QED) is 0.760. The Labute approximate surface area is 85.3 Å². The zero-order valence-electron chi connectivity index (χ0n) is 7.28. The molecule has 0 aliphatic heterocycles. The van der Waals surface area contributed by atoms with Crippen molar-refractivity contribution in [3.05, 3.63) is 24.0 Å². The number of aromatic nitrogens is 2. The number of aromatic amines is 1. The average Bonchev–Trinajstić information content (AvgIpc) is 2.41. The molecule has 0 amide bonds. The molecule has 1 heterocycles. The summed E-state index contributed by atoms with van der Waals surface area (Å²) in [4.78, 5) is 7.16. The van der Waals surface area contributed by atoms with Crippen molar-refractivity contribution in [2.75, 3.05) is 0 Å². The van der Waals surface area contributed by atoms with Crippen molar-refractivity contribution < 1.29 is 8.42 Å². The summed E-state index contributed by atoms with van der Waals surface area (Å²) < 4.78 is 22.0. The van der Waals surface area contributed by atoms with Gasteiger partial charge in [0.05, 0.1) is 15.9 Å². The summed E-state index contributed by atoms with van der Waals surface area (Å²) in [5.41, 5.74) is 1.40. The lowest BCUT2D eigenvalue weighted by Crippen LogP contribution is -1.89. The monoisotopic (exact) mass is 230 g/mol. The zero-order valence-corrected chi connectivity index (χ0v) is 8.85. The highest BCUT2D eigenvalue weighted by molar-refractivity contribution is 8.13. The van der Waals surface area contributed by atoms with Crippen LogP contribution in [0.3, 0.4) is 0 Å². The molecule has 0 radical (unpaired) electrons. The van der Waals surface area contributed by atoms with Crippen molar-refractivity contribution in [1.29, 1.82) is 0 Å². The van der Waals surface area contributed by atoms with Crippen LogP contribution in [0.25, 0.3) is 11.0 Å². The number of rotatable bonds is 1. The van der Waals surface area contributed by atoms with E-state index in [2.05, 4.69) is 9.97 Å². The molecule has 0 unspecified atom stereocenters. The van der Waals surface area contributed by atoms with Crippen molar-refractivity contribution in [2.45, 2.75) is 11.8 Å². The fourth-order valence-corrected chi connectivity index (χ4v) is 2.05. The summed E-state index contributed by atoms with van der Waals surface area (Å²) in [5.74, 6) is 0.740.